The standard InChI is InChI=1S/C14H21NO2/c1-10(7-11(2)16)15-9-12-3-4-14-13(8-12)5-6-17-14/h3-4,8,10-11,15-16H,5-7,9H2,1-2H3. The van der Waals surface area contributed by atoms with Crippen LogP contribution in [0.1, 0.15) is 31.4 Å². The molecule has 3 heteroatoms. The Hall–Kier alpha value is -1.06. The van der Waals surface area contributed by atoms with Crippen LogP contribution in [-0.2, 0) is 13.0 Å². The summed E-state index contributed by atoms with van der Waals surface area (Å²) in [5, 5.41) is 12.7. The molecule has 0 saturated carbocycles. The number of benzene rings is 1. The number of aliphatic hydroxyl groups is 1. The van der Waals surface area contributed by atoms with Crippen molar-refractivity contribution in [3.8, 4) is 5.75 Å². The van der Waals surface area contributed by atoms with E-state index in [1.54, 1.807) is 0 Å². The normalized spacial score (nSPS) is 17.4. The molecule has 0 aromatic heterocycles. The van der Waals surface area contributed by atoms with Gasteiger partial charge >= 0.3 is 0 Å². The molecule has 3 nitrogen and oxygen atoms in total. The Morgan fingerprint density at radius 1 is 1.41 bits per heavy atom. The Labute approximate surface area is 103 Å². The molecule has 1 aromatic rings. The van der Waals surface area contributed by atoms with E-state index in [0.29, 0.717) is 6.04 Å². The van der Waals surface area contributed by atoms with Crippen LogP contribution < -0.4 is 10.1 Å². The SMILES string of the molecule is CC(O)CC(C)NCc1ccc2c(c1)CCO2. The van der Waals surface area contributed by atoms with E-state index in [4.69, 9.17) is 4.74 Å². The van der Waals surface area contributed by atoms with Crippen molar-refractivity contribution in [1.82, 2.24) is 5.32 Å². The zero-order valence-electron chi connectivity index (χ0n) is 10.6. The second-order valence-electron chi connectivity index (χ2n) is 4.91. The van der Waals surface area contributed by atoms with E-state index in [0.717, 1.165) is 31.7 Å². The Balaban J connectivity index is 1.87. The highest BCUT2D eigenvalue weighted by molar-refractivity contribution is 5.39. The average molecular weight is 235 g/mol. The Morgan fingerprint density at radius 3 is 3.00 bits per heavy atom. The second-order valence-corrected chi connectivity index (χ2v) is 4.91. The van der Waals surface area contributed by atoms with E-state index in [2.05, 4.69) is 30.4 Å². The van der Waals surface area contributed by atoms with Crippen molar-refractivity contribution in [3.63, 3.8) is 0 Å². The van der Waals surface area contributed by atoms with Crippen LogP contribution in [0.25, 0.3) is 0 Å². The zero-order chi connectivity index (χ0) is 12.3. The lowest BCUT2D eigenvalue weighted by Crippen LogP contribution is -2.28. The minimum Gasteiger partial charge on any atom is -0.493 e. The smallest absolute Gasteiger partial charge is 0.122 e. The third-order valence-corrected chi connectivity index (χ3v) is 3.10. The highest BCUT2D eigenvalue weighted by atomic mass is 16.5. The lowest BCUT2D eigenvalue weighted by atomic mass is 10.1. The van der Waals surface area contributed by atoms with Crippen LogP contribution >= 0.6 is 0 Å². The molecule has 1 aromatic carbocycles. The van der Waals surface area contributed by atoms with Gasteiger partial charge in [-0.1, -0.05) is 12.1 Å². The molecule has 2 unspecified atom stereocenters. The van der Waals surface area contributed by atoms with E-state index in [-0.39, 0.29) is 6.10 Å². The topological polar surface area (TPSA) is 41.5 Å². The van der Waals surface area contributed by atoms with Crippen molar-refractivity contribution in [2.24, 2.45) is 0 Å². The molecule has 2 N–H and O–H groups in total. The molecule has 0 amide bonds. The first-order valence-corrected chi connectivity index (χ1v) is 6.31. The molecule has 0 bridgehead atoms. The molecule has 1 heterocycles. The molecule has 0 spiro atoms. The first-order valence-electron chi connectivity index (χ1n) is 6.31. The van der Waals surface area contributed by atoms with Crippen LogP contribution in [0.3, 0.4) is 0 Å². The summed E-state index contributed by atoms with van der Waals surface area (Å²) in [4.78, 5) is 0. The summed E-state index contributed by atoms with van der Waals surface area (Å²) in [5.41, 5.74) is 2.60. The average Bonchev–Trinajstić information content (AvgIpc) is 2.72. The summed E-state index contributed by atoms with van der Waals surface area (Å²) in [6.45, 7) is 5.58. The van der Waals surface area contributed by atoms with Gasteiger partial charge < -0.3 is 15.2 Å². The van der Waals surface area contributed by atoms with Gasteiger partial charge in [-0.15, -0.1) is 0 Å². The van der Waals surface area contributed by atoms with E-state index in [1.807, 2.05) is 6.92 Å². The fraction of sp³-hybridized carbons (Fsp3) is 0.571. The second kappa shape index (κ2) is 5.52. The van der Waals surface area contributed by atoms with Gasteiger partial charge in [0.25, 0.3) is 0 Å². The maximum Gasteiger partial charge on any atom is 0.122 e. The monoisotopic (exact) mass is 235 g/mol. The first kappa shape index (κ1) is 12.4. The van der Waals surface area contributed by atoms with Gasteiger partial charge in [0.2, 0.25) is 0 Å². The lowest BCUT2D eigenvalue weighted by Gasteiger charge is -2.15. The molecule has 1 aliphatic rings. The number of hydrogen-bond donors (Lipinski definition) is 2. The van der Waals surface area contributed by atoms with Crippen molar-refractivity contribution in [3.05, 3.63) is 29.3 Å². The minimum absolute atomic E-state index is 0.245. The number of aliphatic hydroxyl groups excluding tert-OH is 1. The summed E-state index contributed by atoms with van der Waals surface area (Å²) in [5.74, 6) is 1.03. The Morgan fingerprint density at radius 2 is 2.24 bits per heavy atom. The minimum atomic E-state index is -0.245. The summed E-state index contributed by atoms with van der Waals surface area (Å²) in [7, 11) is 0. The van der Waals surface area contributed by atoms with Gasteiger partial charge in [0.15, 0.2) is 0 Å². The maximum atomic E-state index is 9.29. The summed E-state index contributed by atoms with van der Waals surface area (Å²) in [6, 6.07) is 6.70. The highest BCUT2D eigenvalue weighted by Gasteiger charge is 2.12. The van der Waals surface area contributed by atoms with Crippen LogP contribution in [-0.4, -0.2) is 23.9 Å². The molecule has 0 saturated heterocycles. The van der Waals surface area contributed by atoms with Crippen molar-refractivity contribution >= 4 is 0 Å². The van der Waals surface area contributed by atoms with Gasteiger partial charge in [0.05, 0.1) is 12.7 Å². The quantitative estimate of drug-likeness (QED) is 0.818. The third-order valence-electron chi connectivity index (χ3n) is 3.10. The molecule has 2 atom stereocenters. The molecule has 0 radical (unpaired) electrons. The molecule has 1 aliphatic heterocycles. The Kier molecular flexibility index (Phi) is 4.02. The van der Waals surface area contributed by atoms with Gasteiger partial charge in [-0.2, -0.15) is 0 Å². The van der Waals surface area contributed by atoms with Gasteiger partial charge in [-0.05, 0) is 37.5 Å². The number of ether oxygens (including phenoxy) is 1. The van der Waals surface area contributed by atoms with Crippen LogP contribution in [0.5, 0.6) is 5.75 Å². The van der Waals surface area contributed by atoms with Gasteiger partial charge in [-0.3, -0.25) is 0 Å². The largest absolute Gasteiger partial charge is 0.493 e. The molecule has 17 heavy (non-hydrogen) atoms. The molecule has 2 rings (SSSR count). The summed E-state index contributed by atoms with van der Waals surface area (Å²) < 4.78 is 5.48. The van der Waals surface area contributed by atoms with Crippen molar-refractivity contribution in [2.45, 2.75) is 45.4 Å². The Bertz CT molecular complexity index is 376. The maximum absolute atomic E-state index is 9.29. The van der Waals surface area contributed by atoms with Gasteiger partial charge in [0, 0.05) is 19.0 Å². The van der Waals surface area contributed by atoms with Crippen LogP contribution in [0, 0.1) is 0 Å². The molecular weight excluding hydrogens is 214 g/mol. The number of nitrogens with one attached hydrogen (secondary N) is 1. The van der Waals surface area contributed by atoms with Crippen LogP contribution in [0.15, 0.2) is 18.2 Å². The fourth-order valence-corrected chi connectivity index (χ4v) is 2.24. The molecule has 0 fully saturated rings. The van der Waals surface area contributed by atoms with E-state index in [9.17, 15) is 5.11 Å². The van der Waals surface area contributed by atoms with Crippen LogP contribution in [0.4, 0.5) is 0 Å². The van der Waals surface area contributed by atoms with Gasteiger partial charge in [-0.25, -0.2) is 0 Å². The number of rotatable bonds is 5. The van der Waals surface area contributed by atoms with E-state index in [1.165, 1.54) is 11.1 Å². The lowest BCUT2D eigenvalue weighted by molar-refractivity contribution is 0.170. The predicted octanol–water partition coefficient (Wildman–Crippen LogP) is 1.87. The van der Waals surface area contributed by atoms with Crippen molar-refractivity contribution in [1.29, 1.82) is 0 Å². The summed E-state index contributed by atoms with van der Waals surface area (Å²) in [6.07, 6.45) is 1.56. The number of hydrogen-bond acceptors (Lipinski definition) is 3. The molecule has 0 aliphatic carbocycles. The van der Waals surface area contributed by atoms with Gasteiger partial charge in [0.1, 0.15) is 5.75 Å². The zero-order valence-corrected chi connectivity index (χ0v) is 10.6. The molecular formula is C14H21NO2. The number of fused-ring (bicyclic) bond motifs is 1. The van der Waals surface area contributed by atoms with Crippen molar-refractivity contribution < 1.29 is 9.84 Å². The van der Waals surface area contributed by atoms with Crippen LogP contribution in [0.2, 0.25) is 0 Å². The van der Waals surface area contributed by atoms with E-state index >= 15 is 0 Å². The highest BCUT2D eigenvalue weighted by Crippen LogP contribution is 2.25. The third kappa shape index (κ3) is 3.45. The predicted molar refractivity (Wildman–Crippen MR) is 68.2 cm³/mol. The van der Waals surface area contributed by atoms with E-state index < -0.39 is 0 Å². The molecule has 94 valence electrons. The first-order chi connectivity index (χ1) is 8.15. The summed E-state index contributed by atoms with van der Waals surface area (Å²) >= 11 is 0. The van der Waals surface area contributed by atoms with Crippen molar-refractivity contribution in [2.75, 3.05) is 6.61 Å². The fourth-order valence-electron chi connectivity index (χ4n) is 2.24.